The number of aromatic carboxylic acids is 3. The minimum atomic E-state index is -1.50. The molecule has 0 atom stereocenters. The van der Waals surface area contributed by atoms with Crippen molar-refractivity contribution in [1.29, 1.82) is 0 Å². The minimum Gasteiger partial charge on any atom is -0.504 e. The summed E-state index contributed by atoms with van der Waals surface area (Å²) in [6.07, 6.45) is 0. The Balaban J connectivity index is 1.82. The van der Waals surface area contributed by atoms with Gasteiger partial charge in [0.15, 0.2) is 34.5 Å². The van der Waals surface area contributed by atoms with Crippen molar-refractivity contribution in [1.82, 2.24) is 15.0 Å². The van der Waals surface area contributed by atoms with E-state index in [-0.39, 0.29) is 49.7 Å². The number of aromatic nitrogens is 3. The fraction of sp³-hybridized carbons (Fsp3) is 0. The Kier molecular flexibility index (Phi) is 5.21. The van der Waals surface area contributed by atoms with Crippen molar-refractivity contribution >= 4 is 50.6 Å². The van der Waals surface area contributed by atoms with E-state index >= 15 is 0 Å². The Morgan fingerprint density at radius 1 is 0.452 bits per heavy atom. The molecular formula is C27H17N3O12. The summed E-state index contributed by atoms with van der Waals surface area (Å²) < 4.78 is 0. The summed E-state index contributed by atoms with van der Waals surface area (Å²) in [5, 5.41) is 93.7. The molecule has 3 heterocycles. The average Bonchev–Trinajstić information content (AvgIpc) is 3.65. The van der Waals surface area contributed by atoms with Crippen LogP contribution < -0.4 is 0 Å². The van der Waals surface area contributed by atoms with Crippen molar-refractivity contribution in [2.24, 2.45) is 0 Å². The molecule has 3 aromatic heterocycles. The summed E-state index contributed by atoms with van der Waals surface area (Å²) in [6, 6.07) is 5.24. The molecule has 3 aromatic carbocycles. The first-order valence-electron chi connectivity index (χ1n) is 11.8. The van der Waals surface area contributed by atoms with Crippen LogP contribution in [0.15, 0.2) is 30.3 Å². The van der Waals surface area contributed by atoms with Gasteiger partial charge in [0.05, 0.1) is 22.1 Å². The van der Waals surface area contributed by atoms with Gasteiger partial charge in [-0.3, -0.25) is 0 Å². The highest BCUT2D eigenvalue weighted by Crippen LogP contribution is 2.57. The SMILES string of the molecule is O=C(O)c1cc2c(-c3c(O)c(O)c(-c4c(O)c(O)cc5[nH]c(C(=O)O)cc45)c4[nH]c(C(=O)O)cc34)c(O)c(O)cc2[nH]1. The van der Waals surface area contributed by atoms with E-state index in [2.05, 4.69) is 15.0 Å². The number of phenols is 6. The molecule has 0 amide bonds. The van der Waals surface area contributed by atoms with Crippen molar-refractivity contribution in [3.05, 3.63) is 47.4 Å². The molecule has 0 saturated carbocycles. The molecule has 0 aliphatic carbocycles. The van der Waals surface area contributed by atoms with Crippen LogP contribution in [0.25, 0.3) is 55.0 Å². The second-order valence-corrected chi connectivity index (χ2v) is 9.36. The summed E-state index contributed by atoms with van der Waals surface area (Å²) >= 11 is 0. The zero-order valence-electron chi connectivity index (χ0n) is 20.6. The van der Waals surface area contributed by atoms with Crippen LogP contribution in [-0.4, -0.2) is 78.8 Å². The highest BCUT2D eigenvalue weighted by Gasteiger charge is 2.31. The van der Waals surface area contributed by atoms with E-state index in [1.54, 1.807) is 0 Å². The number of aromatic amines is 3. The minimum absolute atomic E-state index is 0.000289. The number of rotatable bonds is 5. The smallest absolute Gasteiger partial charge is 0.352 e. The molecule has 6 aromatic rings. The molecule has 15 nitrogen and oxygen atoms in total. The van der Waals surface area contributed by atoms with Crippen LogP contribution in [-0.2, 0) is 0 Å². The van der Waals surface area contributed by atoms with Gasteiger partial charge < -0.3 is 60.9 Å². The number of benzene rings is 3. The molecule has 12 N–H and O–H groups in total. The maximum absolute atomic E-state index is 12.0. The van der Waals surface area contributed by atoms with Crippen molar-refractivity contribution in [2.75, 3.05) is 0 Å². The summed E-state index contributed by atoms with van der Waals surface area (Å²) in [5.41, 5.74) is -3.13. The lowest BCUT2D eigenvalue weighted by Gasteiger charge is -2.17. The third-order valence-corrected chi connectivity index (χ3v) is 6.98. The average molecular weight is 575 g/mol. The molecule has 0 fully saturated rings. The van der Waals surface area contributed by atoms with Crippen LogP contribution in [0.5, 0.6) is 34.5 Å². The van der Waals surface area contributed by atoms with Crippen LogP contribution in [0.4, 0.5) is 0 Å². The number of phenolic OH excluding ortho intramolecular Hbond substituents is 6. The van der Waals surface area contributed by atoms with Crippen LogP contribution in [0, 0.1) is 0 Å². The van der Waals surface area contributed by atoms with E-state index < -0.39 is 74.8 Å². The quantitative estimate of drug-likeness (QED) is 0.131. The van der Waals surface area contributed by atoms with Crippen molar-refractivity contribution < 1.29 is 60.3 Å². The fourth-order valence-electron chi connectivity index (χ4n) is 5.18. The van der Waals surface area contributed by atoms with Crippen molar-refractivity contribution in [2.45, 2.75) is 0 Å². The number of carbonyl (C=O) groups is 3. The lowest BCUT2D eigenvalue weighted by molar-refractivity contribution is 0.0681. The van der Waals surface area contributed by atoms with Gasteiger partial charge in [0.25, 0.3) is 0 Å². The number of hydrogen-bond donors (Lipinski definition) is 12. The molecule has 15 heteroatoms. The van der Waals surface area contributed by atoms with Gasteiger partial charge in [0.1, 0.15) is 17.1 Å². The second kappa shape index (κ2) is 8.49. The predicted octanol–water partition coefficient (Wildman–Crippen LogP) is 3.79. The lowest BCUT2D eigenvalue weighted by atomic mass is 9.90. The Labute approximate surface area is 230 Å². The van der Waals surface area contributed by atoms with Gasteiger partial charge in [-0.1, -0.05) is 0 Å². The van der Waals surface area contributed by atoms with E-state index in [0.717, 1.165) is 30.3 Å². The number of nitrogens with one attached hydrogen (secondary N) is 3. The van der Waals surface area contributed by atoms with Gasteiger partial charge in [-0.2, -0.15) is 0 Å². The van der Waals surface area contributed by atoms with E-state index in [1.807, 2.05) is 0 Å². The van der Waals surface area contributed by atoms with E-state index in [4.69, 9.17) is 0 Å². The van der Waals surface area contributed by atoms with Crippen LogP contribution in [0.3, 0.4) is 0 Å². The molecular weight excluding hydrogens is 558 g/mol. The van der Waals surface area contributed by atoms with Gasteiger partial charge in [-0.25, -0.2) is 14.4 Å². The number of H-pyrrole nitrogens is 3. The summed E-state index contributed by atoms with van der Waals surface area (Å²) in [4.78, 5) is 42.8. The zero-order chi connectivity index (χ0) is 30.4. The lowest BCUT2D eigenvalue weighted by Crippen LogP contribution is -1.95. The van der Waals surface area contributed by atoms with Gasteiger partial charge in [-0.05, 0) is 18.2 Å². The standard InChI is InChI=1S/C27H17N3O12/c31-14-4-9-6(1-11(28-9)25(37)38)16(21(14)33)18-8-3-13(27(41)42)30-20(8)19(24(36)23(18)35)17-7-2-12(26(39)40)29-10(7)5-15(32)22(17)34/h1-5,28-36H,(H,37,38)(H,39,40)(H,41,42). The number of fused-ring (bicyclic) bond motifs is 3. The fourth-order valence-corrected chi connectivity index (χ4v) is 5.18. The highest BCUT2D eigenvalue weighted by molar-refractivity contribution is 6.19. The second-order valence-electron chi connectivity index (χ2n) is 9.36. The maximum atomic E-state index is 12.0. The summed E-state index contributed by atoms with van der Waals surface area (Å²) in [5.74, 6) is -9.50. The normalized spacial score (nSPS) is 11.5. The van der Waals surface area contributed by atoms with Crippen molar-refractivity contribution in [3.8, 4) is 56.8 Å². The molecule has 42 heavy (non-hydrogen) atoms. The van der Waals surface area contributed by atoms with Gasteiger partial charge in [0.2, 0.25) is 0 Å². The van der Waals surface area contributed by atoms with Crippen LogP contribution >= 0.6 is 0 Å². The molecule has 6 rings (SSSR count). The topological polar surface area (TPSA) is 281 Å². The zero-order valence-corrected chi connectivity index (χ0v) is 20.6. The van der Waals surface area contributed by atoms with Crippen LogP contribution in [0.1, 0.15) is 31.5 Å². The molecule has 0 aliphatic heterocycles. The molecule has 212 valence electrons. The molecule has 0 unspecified atom stereocenters. The van der Waals surface area contributed by atoms with E-state index in [0.29, 0.717) is 0 Å². The summed E-state index contributed by atoms with van der Waals surface area (Å²) in [6.45, 7) is 0. The first-order chi connectivity index (χ1) is 19.8. The van der Waals surface area contributed by atoms with E-state index in [1.165, 1.54) is 0 Å². The first-order valence-corrected chi connectivity index (χ1v) is 11.8. The Bertz CT molecular complexity index is 2050. The van der Waals surface area contributed by atoms with E-state index in [9.17, 15) is 60.3 Å². The predicted molar refractivity (Wildman–Crippen MR) is 144 cm³/mol. The Morgan fingerprint density at radius 3 is 1.26 bits per heavy atom. The highest BCUT2D eigenvalue weighted by atomic mass is 16.4. The molecule has 0 saturated heterocycles. The van der Waals surface area contributed by atoms with Crippen molar-refractivity contribution in [3.63, 3.8) is 0 Å². The molecule has 0 spiro atoms. The largest absolute Gasteiger partial charge is 0.504 e. The van der Waals surface area contributed by atoms with Crippen LogP contribution in [0.2, 0.25) is 0 Å². The summed E-state index contributed by atoms with van der Waals surface area (Å²) in [7, 11) is 0. The van der Waals surface area contributed by atoms with Gasteiger partial charge in [-0.15, -0.1) is 0 Å². The Hall–Kier alpha value is -6.51. The maximum Gasteiger partial charge on any atom is 0.352 e. The molecule has 0 radical (unpaired) electrons. The third-order valence-electron chi connectivity index (χ3n) is 6.98. The first kappa shape index (κ1) is 25.8. The molecule has 0 aliphatic rings. The molecule has 0 bridgehead atoms. The van der Waals surface area contributed by atoms with Gasteiger partial charge in [0, 0.05) is 45.0 Å². The third kappa shape index (κ3) is 3.43. The number of carboxylic acid groups (broad SMARTS) is 3. The van der Waals surface area contributed by atoms with Gasteiger partial charge >= 0.3 is 17.9 Å². The number of aromatic hydroxyl groups is 6. The monoisotopic (exact) mass is 575 g/mol. The Morgan fingerprint density at radius 2 is 0.810 bits per heavy atom. The number of hydrogen-bond acceptors (Lipinski definition) is 9. The number of carboxylic acids is 3.